The summed E-state index contributed by atoms with van der Waals surface area (Å²) in [6, 6.07) is 12.5. The van der Waals surface area contributed by atoms with Crippen LogP contribution in [0.2, 0.25) is 5.02 Å². The summed E-state index contributed by atoms with van der Waals surface area (Å²) in [7, 11) is 1.16. The minimum absolute atomic E-state index is 0.346. The predicted molar refractivity (Wildman–Crippen MR) is 91.5 cm³/mol. The van der Waals surface area contributed by atoms with Crippen molar-refractivity contribution in [2.75, 3.05) is 7.11 Å². The van der Waals surface area contributed by atoms with Gasteiger partial charge in [0.2, 0.25) is 0 Å². The quantitative estimate of drug-likeness (QED) is 0.710. The Balaban J connectivity index is 2.29. The van der Waals surface area contributed by atoms with Crippen LogP contribution in [0.3, 0.4) is 0 Å². The van der Waals surface area contributed by atoms with Crippen LogP contribution < -0.4 is 4.74 Å². The number of benzene rings is 2. The molecule has 0 unspecified atom stereocenters. The third kappa shape index (κ3) is 2.69. The average molecular weight is 347 g/mol. The molecule has 6 heteroatoms. The molecule has 0 bridgehead atoms. The van der Waals surface area contributed by atoms with Crippen LogP contribution in [0.1, 0.15) is 10.4 Å². The van der Waals surface area contributed by atoms with Gasteiger partial charge < -0.3 is 9.84 Å². The van der Waals surface area contributed by atoms with Crippen LogP contribution in [0.15, 0.2) is 47.3 Å². The summed E-state index contributed by atoms with van der Waals surface area (Å²) in [4.78, 5) is 23.7. The van der Waals surface area contributed by atoms with Crippen LogP contribution in [0.5, 0.6) is 5.75 Å². The van der Waals surface area contributed by atoms with E-state index in [2.05, 4.69) is 4.74 Å². The van der Waals surface area contributed by atoms with Crippen LogP contribution in [-0.2, 0) is 4.74 Å². The van der Waals surface area contributed by atoms with Gasteiger partial charge in [-0.3, -0.25) is 4.79 Å². The number of fused-ring (bicyclic) bond motifs is 1. The van der Waals surface area contributed by atoms with Crippen LogP contribution in [0.25, 0.3) is 21.2 Å². The molecule has 0 aliphatic heterocycles. The molecule has 0 aliphatic rings. The molecule has 0 saturated carbocycles. The summed E-state index contributed by atoms with van der Waals surface area (Å²) in [5, 5.41) is 11.3. The van der Waals surface area contributed by atoms with E-state index in [0.717, 1.165) is 29.6 Å². The lowest BCUT2D eigenvalue weighted by atomic mass is 10.0. The highest BCUT2D eigenvalue weighted by molar-refractivity contribution is 7.16. The number of hydrogen-bond donors (Lipinski definition) is 1. The van der Waals surface area contributed by atoms with Gasteiger partial charge in [-0.25, -0.2) is 4.79 Å². The summed E-state index contributed by atoms with van der Waals surface area (Å²) in [6.07, 6.45) is 0. The zero-order valence-corrected chi connectivity index (χ0v) is 13.6. The van der Waals surface area contributed by atoms with Crippen molar-refractivity contribution in [1.82, 2.24) is 0 Å². The molecule has 0 saturated heterocycles. The molecule has 0 fully saturated rings. The third-order valence-corrected chi connectivity index (χ3v) is 4.75. The highest BCUT2D eigenvalue weighted by atomic mass is 35.5. The van der Waals surface area contributed by atoms with Crippen molar-refractivity contribution in [3.8, 4) is 16.9 Å². The Labute approximate surface area is 140 Å². The van der Waals surface area contributed by atoms with Gasteiger partial charge in [0.15, 0.2) is 5.56 Å². The highest BCUT2D eigenvalue weighted by Crippen LogP contribution is 2.35. The van der Waals surface area contributed by atoms with Crippen molar-refractivity contribution < 1.29 is 14.6 Å². The number of carbonyl (C=O) groups is 1. The second kappa shape index (κ2) is 6.02. The van der Waals surface area contributed by atoms with Crippen LogP contribution in [-0.4, -0.2) is 18.2 Å². The van der Waals surface area contributed by atoms with Gasteiger partial charge >= 0.3 is 5.97 Å². The number of methoxy groups -OCH3 is 1. The fourth-order valence-corrected chi connectivity index (χ4v) is 3.46. The fourth-order valence-electron chi connectivity index (χ4n) is 2.33. The summed E-state index contributed by atoms with van der Waals surface area (Å²) < 4.78 is 4.61. The molecule has 116 valence electrons. The van der Waals surface area contributed by atoms with Crippen molar-refractivity contribution in [3.63, 3.8) is 0 Å². The zero-order valence-electron chi connectivity index (χ0n) is 12.0. The SMILES string of the molecule is COC(=O)c1c(O)c2cc(-c3ccccc3Cl)ccc2sc1=O. The molecule has 0 aliphatic carbocycles. The van der Waals surface area contributed by atoms with Crippen LogP contribution in [0.4, 0.5) is 0 Å². The molecule has 0 radical (unpaired) electrons. The monoisotopic (exact) mass is 346 g/mol. The van der Waals surface area contributed by atoms with E-state index in [4.69, 9.17) is 11.6 Å². The van der Waals surface area contributed by atoms with E-state index in [1.54, 1.807) is 18.2 Å². The van der Waals surface area contributed by atoms with Crippen molar-refractivity contribution >= 4 is 39.0 Å². The Bertz CT molecular complexity index is 978. The number of esters is 1. The largest absolute Gasteiger partial charge is 0.506 e. The van der Waals surface area contributed by atoms with Crippen molar-refractivity contribution in [2.24, 2.45) is 0 Å². The molecule has 1 aromatic heterocycles. The smallest absolute Gasteiger partial charge is 0.346 e. The second-order valence-corrected chi connectivity index (χ2v) is 6.22. The normalized spacial score (nSPS) is 10.7. The highest BCUT2D eigenvalue weighted by Gasteiger charge is 2.20. The van der Waals surface area contributed by atoms with E-state index in [0.29, 0.717) is 15.1 Å². The Morgan fingerprint density at radius 1 is 1.22 bits per heavy atom. The molecule has 1 N–H and O–H groups in total. The molecular weight excluding hydrogens is 336 g/mol. The first-order valence-corrected chi connectivity index (χ1v) is 7.85. The number of ether oxygens (including phenoxy) is 1. The van der Waals surface area contributed by atoms with Crippen molar-refractivity contribution in [3.05, 3.63) is 62.6 Å². The van der Waals surface area contributed by atoms with E-state index in [9.17, 15) is 14.7 Å². The average Bonchev–Trinajstić information content (AvgIpc) is 2.55. The molecule has 0 atom stereocenters. The maximum Gasteiger partial charge on any atom is 0.346 e. The first-order chi connectivity index (χ1) is 11.0. The molecule has 23 heavy (non-hydrogen) atoms. The molecule has 0 spiro atoms. The van der Waals surface area contributed by atoms with Gasteiger partial charge in [0.05, 0.1) is 7.11 Å². The van der Waals surface area contributed by atoms with Gasteiger partial charge in [-0.1, -0.05) is 47.2 Å². The molecule has 3 rings (SSSR count). The fraction of sp³-hybridized carbons (Fsp3) is 0.0588. The second-order valence-electron chi connectivity index (χ2n) is 4.80. The lowest BCUT2D eigenvalue weighted by Crippen LogP contribution is -2.13. The number of rotatable bonds is 2. The summed E-state index contributed by atoms with van der Waals surface area (Å²) in [5.74, 6) is -1.22. The van der Waals surface area contributed by atoms with E-state index >= 15 is 0 Å². The van der Waals surface area contributed by atoms with E-state index in [-0.39, 0.29) is 11.3 Å². The summed E-state index contributed by atoms with van der Waals surface area (Å²) >= 11 is 7.08. The van der Waals surface area contributed by atoms with Gasteiger partial charge in [0.25, 0.3) is 4.74 Å². The van der Waals surface area contributed by atoms with E-state index in [1.165, 1.54) is 0 Å². The molecule has 1 heterocycles. The maximum absolute atomic E-state index is 12.0. The Hall–Kier alpha value is -2.37. The maximum atomic E-state index is 12.0. The van der Waals surface area contributed by atoms with Crippen LogP contribution in [0, 0.1) is 0 Å². The van der Waals surface area contributed by atoms with Gasteiger partial charge in [-0.2, -0.15) is 0 Å². The lowest BCUT2D eigenvalue weighted by molar-refractivity contribution is 0.0597. The Kier molecular flexibility index (Phi) is 4.07. The predicted octanol–water partition coefficient (Wildman–Crippen LogP) is 4.07. The number of carbonyl (C=O) groups excluding carboxylic acids is 1. The minimum Gasteiger partial charge on any atom is -0.506 e. The van der Waals surface area contributed by atoms with Gasteiger partial charge in [0.1, 0.15) is 5.75 Å². The molecular formula is C17H11ClO4S. The number of aromatic hydroxyl groups is 1. The first kappa shape index (κ1) is 15.5. The molecule has 0 amide bonds. The van der Waals surface area contributed by atoms with Crippen molar-refractivity contribution in [2.45, 2.75) is 0 Å². The zero-order chi connectivity index (χ0) is 16.6. The molecule has 4 nitrogen and oxygen atoms in total. The Morgan fingerprint density at radius 2 is 1.96 bits per heavy atom. The molecule has 3 aromatic rings. The van der Waals surface area contributed by atoms with E-state index in [1.807, 2.05) is 24.3 Å². The van der Waals surface area contributed by atoms with Gasteiger partial charge in [0, 0.05) is 20.7 Å². The van der Waals surface area contributed by atoms with Gasteiger partial charge in [-0.15, -0.1) is 0 Å². The van der Waals surface area contributed by atoms with Gasteiger partial charge in [-0.05, 0) is 23.8 Å². The topological polar surface area (TPSA) is 63.6 Å². The summed E-state index contributed by atoms with van der Waals surface area (Å²) in [5.41, 5.74) is 1.23. The van der Waals surface area contributed by atoms with Crippen LogP contribution >= 0.6 is 22.9 Å². The first-order valence-electron chi connectivity index (χ1n) is 6.66. The van der Waals surface area contributed by atoms with Crippen molar-refractivity contribution in [1.29, 1.82) is 0 Å². The molecule has 2 aromatic carbocycles. The summed E-state index contributed by atoms with van der Waals surface area (Å²) in [6.45, 7) is 0. The minimum atomic E-state index is -0.853. The Morgan fingerprint density at radius 3 is 2.65 bits per heavy atom. The standard InChI is InChI=1S/C17H11ClO4S/c1-22-16(20)14-15(19)11-8-9(6-7-13(11)23-17(14)21)10-4-2-3-5-12(10)18/h2-8,19H,1H3. The third-order valence-electron chi connectivity index (χ3n) is 3.45. The van der Waals surface area contributed by atoms with E-state index < -0.39 is 10.7 Å². The number of hydrogen-bond acceptors (Lipinski definition) is 5. The lowest BCUT2D eigenvalue weighted by Gasteiger charge is -2.08. The number of halogens is 1.